The summed E-state index contributed by atoms with van der Waals surface area (Å²) in [6, 6.07) is 0. The van der Waals surface area contributed by atoms with Crippen molar-refractivity contribution in [3.63, 3.8) is 0 Å². The van der Waals surface area contributed by atoms with Gasteiger partial charge in [-0.15, -0.1) is 0 Å². The van der Waals surface area contributed by atoms with Crippen LogP contribution in [0.25, 0.3) is 0 Å². The highest BCUT2D eigenvalue weighted by atomic mass is 16.5. The molecule has 0 amide bonds. The Hall–Kier alpha value is -1.71. The minimum atomic E-state index is -1.34. The van der Waals surface area contributed by atoms with Crippen LogP contribution in [-0.4, -0.2) is 69.9 Å². The highest BCUT2D eigenvalue weighted by Crippen LogP contribution is 2.30. The molecule has 0 aromatic heterocycles. The second kappa shape index (κ2) is 10.4. The summed E-state index contributed by atoms with van der Waals surface area (Å²) in [6.45, 7) is 7.01. The first-order chi connectivity index (χ1) is 11.9. The smallest absolute Gasteiger partial charge is 0.333 e. The van der Waals surface area contributed by atoms with Gasteiger partial charge in [0.1, 0.15) is 6.10 Å². The Morgan fingerprint density at radius 1 is 0.808 bits per heavy atom. The Morgan fingerprint density at radius 3 is 1.65 bits per heavy atom. The van der Waals surface area contributed by atoms with Crippen molar-refractivity contribution < 1.29 is 44.3 Å². The second-order valence-corrected chi connectivity index (χ2v) is 6.75. The van der Waals surface area contributed by atoms with E-state index in [2.05, 4.69) is 0 Å². The molecule has 0 spiro atoms. The van der Waals surface area contributed by atoms with E-state index in [1.807, 2.05) is 0 Å². The van der Waals surface area contributed by atoms with Gasteiger partial charge in [-0.1, -0.05) is 20.8 Å². The zero-order valence-electron chi connectivity index (χ0n) is 15.9. The van der Waals surface area contributed by atoms with E-state index in [1.54, 1.807) is 0 Å². The van der Waals surface area contributed by atoms with Crippen molar-refractivity contribution in [1.82, 2.24) is 0 Å². The Balaban J connectivity index is 5.51. The SMILES string of the molecule is COC(C(=O)O)C(C)C(OC(C)=O)C(C)C(O)C(C)C(O)C(C)C(=O)O. The predicted molar refractivity (Wildman–Crippen MR) is 90.3 cm³/mol. The first-order valence-electron chi connectivity index (χ1n) is 8.38. The number of aliphatic hydroxyl groups is 2. The number of aliphatic carboxylic acids is 2. The van der Waals surface area contributed by atoms with Gasteiger partial charge in [0, 0.05) is 31.8 Å². The van der Waals surface area contributed by atoms with Crippen molar-refractivity contribution in [2.45, 2.75) is 59.0 Å². The molecule has 4 N–H and O–H groups in total. The van der Waals surface area contributed by atoms with Gasteiger partial charge in [0.05, 0.1) is 18.1 Å². The van der Waals surface area contributed by atoms with Crippen LogP contribution in [-0.2, 0) is 23.9 Å². The van der Waals surface area contributed by atoms with Gasteiger partial charge in [-0.3, -0.25) is 9.59 Å². The maximum Gasteiger partial charge on any atom is 0.333 e. The topological polar surface area (TPSA) is 151 Å². The van der Waals surface area contributed by atoms with E-state index in [-0.39, 0.29) is 0 Å². The lowest BCUT2D eigenvalue weighted by molar-refractivity contribution is -0.171. The van der Waals surface area contributed by atoms with E-state index >= 15 is 0 Å². The summed E-state index contributed by atoms with van der Waals surface area (Å²) in [4.78, 5) is 33.8. The molecule has 0 radical (unpaired) electrons. The fourth-order valence-electron chi connectivity index (χ4n) is 3.07. The van der Waals surface area contributed by atoms with Crippen LogP contribution in [0.15, 0.2) is 0 Å². The van der Waals surface area contributed by atoms with Crippen LogP contribution >= 0.6 is 0 Å². The Kier molecular flexibility index (Phi) is 9.75. The summed E-state index contributed by atoms with van der Waals surface area (Å²) in [5.74, 6) is -6.66. The molecule has 0 aliphatic carbocycles. The van der Waals surface area contributed by atoms with Crippen molar-refractivity contribution >= 4 is 17.9 Å². The number of carboxylic acid groups (broad SMARTS) is 2. The molecular formula is C17H30O9. The van der Waals surface area contributed by atoms with Crippen LogP contribution in [0.3, 0.4) is 0 Å². The average molecular weight is 378 g/mol. The average Bonchev–Trinajstić information content (AvgIpc) is 2.56. The van der Waals surface area contributed by atoms with E-state index in [4.69, 9.17) is 14.6 Å². The van der Waals surface area contributed by atoms with Crippen LogP contribution in [0.5, 0.6) is 0 Å². The molecule has 0 aliphatic heterocycles. The van der Waals surface area contributed by atoms with E-state index in [9.17, 15) is 29.7 Å². The van der Waals surface area contributed by atoms with Gasteiger partial charge in [0.2, 0.25) is 0 Å². The van der Waals surface area contributed by atoms with Crippen molar-refractivity contribution in [3.05, 3.63) is 0 Å². The number of carboxylic acids is 2. The highest BCUT2D eigenvalue weighted by molar-refractivity contribution is 5.73. The molecule has 0 bridgehead atoms. The maximum atomic E-state index is 11.4. The van der Waals surface area contributed by atoms with Gasteiger partial charge in [0.25, 0.3) is 0 Å². The number of aliphatic hydroxyl groups excluding tert-OH is 2. The molecule has 8 atom stereocenters. The van der Waals surface area contributed by atoms with Gasteiger partial charge in [0.15, 0.2) is 6.10 Å². The first-order valence-corrected chi connectivity index (χ1v) is 8.38. The largest absolute Gasteiger partial charge is 0.481 e. The summed E-state index contributed by atoms with van der Waals surface area (Å²) in [7, 11) is 1.21. The summed E-state index contributed by atoms with van der Waals surface area (Å²) in [5.41, 5.74) is 0. The van der Waals surface area contributed by atoms with Crippen molar-refractivity contribution in [1.29, 1.82) is 0 Å². The number of hydrogen-bond donors (Lipinski definition) is 4. The lowest BCUT2D eigenvalue weighted by Crippen LogP contribution is -2.48. The summed E-state index contributed by atoms with van der Waals surface area (Å²) in [6.07, 6.45) is -4.87. The van der Waals surface area contributed by atoms with E-state index in [0.717, 1.165) is 6.92 Å². The van der Waals surface area contributed by atoms with Crippen LogP contribution in [0, 0.1) is 23.7 Å². The van der Waals surface area contributed by atoms with Gasteiger partial charge in [-0.2, -0.15) is 0 Å². The Bertz CT molecular complexity index is 493. The fourth-order valence-corrected chi connectivity index (χ4v) is 3.07. The monoisotopic (exact) mass is 378 g/mol. The van der Waals surface area contributed by atoms with Gasteiger partial charge < -0.3 is 29.9 Å². The van der Waals surface area contributed by atoms with Crippen LogP contribution in [0.4, 0.5) is 0 Å². The van der Waals surface area contributed by atoms with E-state index in [1.165, 1.54) is 34.8 Å². The van der Waals surface area contributed by atoms with Crippen LogP contribution in [0.1, 0.15) is 34.6 Å². The first kappa shape index (κ1) is 24.3. The van der Waals surface area contributed by atoms with Gasteiger partial charge in [-0.05, 0) is 6.92 Å². The summed E-state index contributed by atoms with van der Waals surface area (Å²) >= 11 is 0. The molecule has 0 aromatic rings. The van der Waals surface area contributed by atoms with Crippen molar-refractivity contribution in [3.8, 4) is 0 Å². The fraction of sp³-hybridized carbons (Fsp3) is 0.824. The molecule has 152 valence electrons. The molecule has 0 aliphatic rings. The maximum absolute atomic E-state index is 11.4. The number of hydrogen-bond acceptors (Lipinski definition) is 7. The molecule has 9 heteroatoms. The van der Waals surface area contributed by atoms with Gasteiger partial charge >= 0.3 is 17.9 Å². The zero-order chi connectivity index (χ0) is 20.8. The van der Waals surface area contributed by atoms with Crippen LogP contribution < -0.4 is 0 Å². The third kappa shape index (κ3) is 6.22. The molecule has 26 heavy (non-hydrogen) atoms. The number of carbonyl (C=O) groups is 3. The number of esters is 1. The normalized spacial score (nSPS) is 20.8. The Morgan fingerprint density at radius 2 is 1.31 bits per heavy atom. The van der Waals surface area contributed by atoms with Crippen LogP contribution in [0.2, 0.25) is 0 Å². The predicted octanol–water partition coefficient (Wildman–Crippen LogP) is 0.368. The molecule has 0 saturated carbocycles. The minimum absolute atomic E-state index is 0.659. The molecule has 0 heterocycles. The molecular weight excluding hydrogens is 348 g/mol. The van der Waals surface area contributed by atoms with E-state index < -0.39 is 66.0 Å². The number of ether oxygens (including phenoxy) is 2. The van der Waals surface area contributed by atoms with Crippen molar-refractivity contribution in [2.75, 3.05) is 7.11 Å². The van der Waals surface area contributed by atoms with Gasteiger partial charge in [-0.25, -0.2) is 4.79 Å². The number of rotatable bonds is 11. The van der Waals surface area contributed by atoms with Crippen molar-refractivity contribution in [2.24, 2.45) is 23.7 Å². The standard InChI is InChI=1S/C17H30O9/c1-7(13(20)9(3)16(21)22)12(19)8(2)14(26-11(5)18)10(4)15(25-6)17(23)24/h7-10,12-15,19-20H,1-6H3,(H,21,22)(H,23,24). The summed E-state index contributed by atoms with van der Waals surface area (Å²) < 4.78 is 10.2. The summed E-state index contributed by atoms with van der Waals surface area (Å²) in [5, 5.41) is 39.0. The molecule has 0 rings (SSSR count). The minimum Gasteiger partial charge on any atom is -0.481 e. The number of methoxy groups -OCH3 is 1. The lowest BCUT2D eigenvalue weighted by Gasteiger charge is -2.37. The Labute approximate surface area is 152 Å². The molecule has 9 nitrogen and oxygen atoms in total. The number of carbonyl (C=O) groups excluding carboxylic acids is 1. The molecule has 0 fully saturated rings. The highest BCUT2D eigenvalue weighted by Gasteiger charge is 2.42. The van der Waals surface area contributed by atoms with E-state index in [0.29, 0.717) is 0 Å². The third-order valence-corrected chi connectivity index (χ3v) is 4.83. The second-order valence-electron chi connectivity index (χ2n) is 6.75. The molecule has 0 aromatic carbocycles. The quantitative estimate of drug-likeness (QED) is 0.374. The molecule has 8 unspecified atom stereocenters. The molecule has 0 saturated heterocycles. The zero-order valence-corrected chi connectivity index (χ0v) is 15.9. The third-order valence-electron chi connectivity index (χ3n) is 4.83. The lowest BCUT2D eigenvalue weighted by atomic mass is 9.78.